The largest absolute Gasteiger partial charge is 0.490 e. The van der Waals surface area contributed by atoms with Gasteiger partial charge in [0.15, 0.2) is 17.3 Å². The van der Waals surface area contributed by atoms with Crippen molar-refractivity contribution in [3.8, 4) is 28.7 Å². The predicted octanol–water partition coefficient (Wildman–Crippen LogP) is 5.78. The first-order chi connectivity index (χ1) is 16.5. The van der Waals surface area contributed by atoms with Gasteiger partial charge >= 0.3 is 0 Å². The van der Waals surface area contributed by atoms with Gasteiger partial charge in [-0.2, -0.15) is 0 Å². The third kappa shape index (κ3) is 5.22. The van der Waals surface area contributed by atoms with Gasteiger partial charge in [-0.05, 0) is 76.3 Å². The lowest BCUT2D eigenvalue weighted by Crippen LogP contribution is -2.13. The number of carbonyl (C=O) groups excluding carboxylic acids is 1. The molecule has 1 aliphatic rings. The molecule has 0 N–H and O–H groups in total. The van der Waals surface area contributed by atoms with E-state index in [0.29, 0.717) is 53.7 Å². The molecule has 0 saturated heterocycles. The topological polar surface area (TPSA) is 83.7 Å². The van der Waals surface area contributed by atoms with Gasteiger partial charge in [0.25, 0.3) is 5.22 Å². The van der Waals surface area contributed by atoms with Gasteiger partial charge in [0.1, 0.15) is 0 Å². The van der Waals surface area contributed by atoms with Crippen molar-refractivity contribution in [3.05, 3.63) is 47.0 Å². The van der Waals surface area contributed by atoms with Crippen LogP contribution >= 0.6 is 11.8 Å². The molecule has 1 atom stereocenters. The summed E-state index contributed by atoms with van der Waals surface area (Å²) >= 11 is 1.26. The molecule has 0 radical (unpaired) electrons. The fraction of sp³-hybridized carbons (Fsp3) is 0.423. The summed E-state index contributed by atoms with van der Waals surface area (Å²) in [5, 5.41) is 8.33. The number of aromatic nitrogens is 2. The highest BCUT2D eigenvalue weighted by atomic mass is 32.2. The maximum Gasteiger partial charge on any atom is 0.277 e. The number of ketones is 1. The summed E-state index contributed by atoms with van der Waals surface area (Å²) in [7, 11) is 0. The molecule has 34 heavy (non-hydrogen) atoms. The number of ether oxygens (including phenoxy) is 3. The minimum absolute atomic E-state index is 0.0535. The summed E-state index contributed by atoms with van der Waals surface area (Å²) in [5.74, 6) is 2.04. The number of hydrogen-bond donors (Lipinski definition) is 0. The first-order valence-electron chi connectivity index (χ1n) is 11.8. The molecule has 0 fully saturated rings. The van der Waals surface area contributed by atoms with Crippen LogP contribution in [0.4, 0.5) is 0 Å². The Balaban J connectivity index is 1.54. The molecule has 1 aromatic heterocycles. The summed E-state index contributed by atoms with van der Waals surface area (Å²) in [4.78, 5) is 13.0. The molecule has 8 heteroatoms. The van der Waals surface area contributed by atoms with Gasteiger partial charge < -0.3 is 18.6 Å². The zero-order valence-electron chi connectivity index (χ0n) is 20.1. The summed E-state index contributed by atoms with van der Waals surface area (Å²) in [6.07, 6.45) is 3.30. The SMILES string of the molecule is CCOc1cc(-c2nnc(SC(C)C(=O)c3ccc4c(c3)CCC4)o2)cc(OCC)c1OCC. The van der Waals surface area contributed by atoms with E-state index in [1.165, 1.54) is 22.9 Å². The Kier molecular flexibility index (Phi) is 7.77. The number of Topliss-reactive ketones (excluding diaryl/α,β-unsaturated/α-hetero) is 1. The molecule has 3 aromatic rings. The lowest BCUT2D eigenvalue weighted by molar-refractivity contribution is 0.0993. The molecular weight excluding hydrogens is 452 g/mol. The second kappa shape index (κ2) is 11.0. The number of rotatable bonds is 11. The van der Waals surface area contributed by atoms with E-state index in [2.05, 4.69) is 16.3 Å². The van der Waals surface area contributed by atoms with E-state index in [1.54, 1.807) is 12.1 Å². The maximum absolute atomic E-state index is 13.0. The molecule has 180 valence electrons. The molecular formula is C26H30N2O5S. The van der Waals surface area contributed by atoms with E-state index in [4.69, 9.17) is 18.6 Å². The van der Waals surface area contributed by atoms with Crippen molar-refractivity contribution in [1.29, 1.82) is 0 Å². The van der Waals surface area contributed by atoms with Crippen LogP contribution in [0.3, 0.4) is 0 Å². The highest BCUT2D eigenvalue weighted by Gasteiger charge is 2.23. The Morgan fingerprint density at radius 3 is 2.32 bits per heavy atom. The van der Waals surface area contributed by atoms with Crippen LogP contribution < -0.4 is 14.2 Å². The number of carbonyl (C=O) groups is 1. The van der Waals surface area contributed by atoms with E-state index in [-0.39, 0.29) is 11.0 Å². The first kappa shape index (κ1) is 24.1. The molecule has 0 aliphatic heterocycles. The van der Waals surface area contributed by atoms with Crippen molar-refractivity contribution in [2.24, 2.45) is 0 Å². The summed E-state index contributed by atoms with van der Waals surface area (Å²) in [5.41, 5.74) is 4.03. The third-order valence-corrected chi connectivity index (χ3v) is 6.53. The molecule has 1 unspecified atom stereocenters. The Bertz CT molecular complexity index is 1130. The van der Waals surface area contributed by atoms with E-state index in [1.807, 2.05) is 39.8 Å². The monoisotopic (exact) mass is 482 g/mol. The molecule has 1 aliphatic carbocycles. The zero-order valence-corrected chi connectivity index (χ0v) is 20.9. The Labute approximate surface area is 204 Å². The molecule has 7 nitrogen and oxygen atoms in total. The van der Waals surface area contributed by atoms with Crippen molar-refractivity contribution < 1.29 is 23.4 Å². The van der Waals surface area contributed by atoms with Gasteiger partial charge in [0, 0.05) is 11.1 Å². The summed E-state index contributed by atoms with van der Waals surface area (Å²) in [6.45, 7) is 9.02. The van der Waals surface area contributed by atoms with Crippen LogP contribution in [0.2, 0.25) is 0 Å². The van der Waals surface area contributed by atoms with Crippen LogP contribution in [0.25, 0.3) is 11.5 Å². The van der Waals surface area contributed by atoms with Crippen LogP contribution in [-0.2, 0) is 12.8 Å². The Hall–Kier alpha value is -3.00. The normalized spacial score (nSPS) is 13.4. The van der Waals surface area contributed by atoms with Crippen molar-refractivity contribution in [3.63, 3.8) is 0 Å². The van der Waals surface area contributed by atoms with E-state index < -0.39 is 0 Å². The van der Waals surface area contributed by atoms with Crippen molar-refractivity contribution >= 4 is 17.5 Å². The van der Waals surface area contributed by atoms with Gasteiger partial charge in [-0.25, -0.2) is 0 Å². The number of fused-ring (bicyclic) bond motifs is 1. The minimum Gasteiger partial charge on any atom is -0.490 e. The number of hydrogen-bond acceptors (Lipinski definition) is 8. The molecule has 0 bridgehead atoms. The van der Waals surface area contributed by atoms with Gasteiger partial charge in [-0.3, -0.25) is 4.79 Å². The van der Waals surface area contributed by atoms with Crippen LogP contribution in [0.15, 0.2) is 40.0 Å². The van der Waals surface area contributed by atoms with Crippen molar-refractivity contribution in [2.45, 2.75) is 57.4 Å². The smallest absolute Gasteiger partial charge is 0.277 e. The standard InChI is InChI=1S/C26H30N2O5S/c1-5-30-21-14-20(15-22(31-6-2)24(21)32-7-3)25-27-28-26(33-25)34-16(4)23(29)19-12-11-17-9-8-10-18(17)13-19/h11-16H,5-10H2,1-4H3. The first-order valence-corrected chi connectivity index (χ1v) is 12.6. The minimum atomic E-state index is -0.356. The number of nitrogens with zero attached hydrogens (tertiary/aromatic N) is 2. The third-order valence-electron chi connectivity index (χ3n) is 5.59. The quantitative estimate of drug-likeness (QED) is 0.251. The fourth-order valence-corrected chi connectivity index (χ4v) is 4.81. The second-order valence-corrected chi connectivity index (χ2v) is 9.23. The lowest BCUT2D eigenvalue weighted by atomic mass is 10.0. The van der Waals surface area contributed by atoms with Crippen molar-refractivity contribution in [2.75, 3.05) is 19.8 Å². The lowest BCUT2D eigenvalue weighted by Gasteiger charge is -2.16. The molecule has 0 spiro atoms. The highest BCUT2D eigenvalue weighted by molar-refractivity contribution is 8.00. The maximum atomic E-state index is 13.0. The fourth-order valence-electron chi connectivity index (χ4n) is 4.05. The van der Waals surface area contributed by atoms with Crippen molar-refractivity contribution in [1.82, 2.24) is 10.2 Å². The van der Waals surface area contributed by atoms with Crippen LogP contribution in [0.5, 0.6) is 17.2 Å². The predicted molar refractivity (Wildman–Crippen MR) is 131 cm³/mol. The van der Waals surface area contributed by atoms with Crippen LogP contribution in [-0.4, -0.2) is 41.1 Å². The van der Waals surface area contributed by atoms with Crippen LogP contribution in [0.1, 0.15) is 55.6 Å². The second-order valence-electron chi connectivity index (χ2n) is 7.94. The zero-order chi connectivity index (χ0) is 24.1. The van der Waals surface area contributed by atoms with Gasteiger partial charge in [-0.1, -0.05) is 23.9 Å². The summed E-state index contributed by atoms with van der Waals surface area (Å²) in [6, 6.07) is 9.64. The molecule has 0 saturated carbocycles. The average Bonchev–Trinajstić information content (AvgIpc) is 3.50. The van der Waals surface area contributed by atoms with Gasteiger partial charge in [0.2, 0.25) is 11.6 Å². The molecule has 0 amide bonds. The van der Waals surface area contributed by atoms with Crippen LogP contribution in [0, 0.1) is 0 Å². The molecule has 4 rings (SSSR count). The number of benzene rings is 2. The number of aryl methyl sites for hydroxylation is 2. The Morgan fingerprint density at radius 1 is 0.971 bits per heavy atom. The van der Waals surface area contributed by atoms with E-state index in [9.17, 15) is 4.79 Å². The summed E-state index contributed by atoms with van der Waals surface area (Å²) < 4.78 is 23.2. The highest BCUT2D eigenvalue weighted by Crippen LogP contribution is 2.42. The van der Waals surface area contributed by atoms with Gasteiger partial charge in [-0.15, -0.1) is 10.2 Å². The molecule has 2 aromatic carbocycles. The number of thioether (sulfide) groups is 1. The average molecular weight is 483 g/mol. The van der Waals surface area contributed by atoms with E-state index in [0.717, 1.165) is 24.8 Å². The Morgan fingerprint density at radius 2 is 1.65 bits per heavy atom. The van der Waals surface area contributed by atoms with Gasteiger partial charge in [0.05, 0.1) is 25.1 Å². The molecule has 1 heterocycles. The van der Waals surface area contributed by atoms with E-state index >= 15 is 0 Å².